The lowest BCUT2D eigenvalue weighted by Crippen LogP contribution is -2.50. The van der Waals surface area contributed by atoms with E-state index in [0.717, 1.165) is 19.3 Å². The molecule has 0 aromatic carbocycles. The summed E-state index contributed by atoms with van der Waals surface area (Å²) in [6.07, 6.45) is 3.10. The normalized spacial score (nSPS) is 28.3. The number of nitrogens with one attached hydrogen (secondary N) is 1. The number of hydrogen-bond acceptors (Lipinski definition) is 3. The quantitative estimate of drug-likeness (QED) is 0.725. The van der Waals surface area contributed by atoms with Crippen molar-refractivity contribution in [1.82, 2.24) is 10.2 Å². The molecule has 2 fully saturated rings. The molecule has 1 saturated heterocycles. The van der Waals surface area contributed by atoms with Crippen LogP contribution in [0.1, 0.15) is 25.7 Å². The van der Waals surface area contributed by atoms with Crippen LogP contribution in [0.2, 0.25) is 0 Å². The van der Waals surface area contributed by atoms with Crippen molar-refractivity contribution < 1.29 is 14.3 Å². The van der Waals surface area contributed by atoms with Crippen molar-refractivity contribution in [2.75, 3.05) is 13.7 Å². The lowest BCUT2D eigenvalue weighted by molar-refractivity contribution is -0.132. The number of methoxy groups -OCH3 is 1. The molecule has 3 amide bonds. The van der Waals surface area contributed by atoms with Gasteiger partial charge >= 0.3 is 6.03 Å². The van der Waals surface area contributed by atoms with Gasteiger partial charge in [-0.15, -0.1) is 0 Å². The second kappa shape index (κ2) is 4.18. The molecular formula is C10H16N2O3. The number of carbonyl (C=O) groups excluding carboxylic acids is 2. The van der Waals surface area contributed by atoms with Crippen LogP contribution < -0.4 is 5.32 Å². The lowest BCUT2D eigenvalue weighted by atomic mass is 9.91. The Bertz CT molecular complexity index is 276. The highest BCUT2D eigenvalue weighted by molar-refractivity contribution is 5.96. The van der Waals surface area contributed by atoms with Gasteiger partial charge in [0.1, 0.15) is 0 Å². The molecule has 1 heterocycles. The van der Waals surface area contributed by atoms with Crippen molar-refractivity contribution in [3.63, 3.8) is 0 Å². The van der Waals surface area contributed by atoms with E-state index in [-0.39, 0.29) is 24.1 Å². The number of ether oxygens (including phenoxy) is 1. The molecule has 1 saturated carbocycles. The zero-order valence-electron chi connectivity index (χ0n) is 8.86. The fourth-order valence-electron chi connectivity index (χ4n) is 1.95. The van der Waals surface area contributed by atoms with Gasteiger partial charge in [0, 0.05) is 19.7 Å². The van der Waals surface area contributed by atoms with Gasteiger partial charge in [-0.2, -0.15) is 0 Å². The molecule has 84 valence electrons. The summed E-state index contributed by atoms with van der Waals surface area (Å²) in [7, 11) is 1.56. The number of rotatable bonds is 2. The highest BCUT2D eigenvalue weighted by atomic mass is 16.5. The van der Waals surface area contributed by atoms with Crippen LogP contribution in [0.5, 0.6) is 0 Å². The number of amides is 3. The minimum atomic E-state index is -0.260. The molecule has 0 spiro atoms. The predicted octanol–water partition coefficient (Wildman–Crippen LogP) is 0.496. The summed E-state index contributed by atoms with van der Waals surface area (Å²) in [5.74, 6) is -0.110. The first kappa shape index (κ1) is 10.4. The summed E-state index contributed by atoms with van der Waals surface area (Å²) in [6, 6.07) is -0.141. The van der Waals surface area contributed by atoms with E-state index in [1.807, 2.05) is 0 Å². The third-order valence-corrected chi connectivity index (χ3v) is 3.14. The molecule has 0 aromatic rings. The van der Waals surface area contributed by atoms with E-state index in [9.17, 15) is 9.59 Å². The van der Waals surface area contributed by atoms with Gasteiger partial charge in [0.15, 0.2) is 0 Å². The largest absolute Gasteiger partial charge is 0.379 e. The highest BCUT2D eigenvalue weighted by Gasteiger charge is 2.36. The van der Waals surface area contributed by atoms with Crippen LogP contribution in [0.15, 0.2) is 0 Å². The van der Waals surface area contributed by atoms with E-state index in [4.69, 9.17) is 4.74 Å². The van der Waals surface area contributed by atoms with Crippen molar-refractivity contribution in [2.24, 2.45) is 0 Å². The Kier molecular flexibility index (Phi) is 2.90. The molecule has 0 bridgehead atoms. The summed E-state index contributed by atoms with van der Waals surface area (Å²) < 4.78 is 5.11. The van der Waals surface area contributed by atoms with Crippen LogP contribution in [0.4, 0.5) is 4.79 Å². The maximum Gasteiger partial charge on any atom is 0.324 e. The molecule has 1 unspecified atom stereocenters. The number of urea groups is 1. The van der Waals surface area contributed by atoms with Gasteiger partial charge in [0.2, 0.25) is 5.91 Å². The first-order valence-electron chi connectivity index (χ1n) is 5.35. The van der Waals surface area contributed by atoms with Crippen molar-refractivity contribution in [1.29, 1.82) is 0 Å². The van der Waals surface area contributed by atoms with Crippen LogP contribution in [0.25, 0.3) is 0 Å². The maximum absolute atomic E-state index is 11.8. The topological polar surface area (TPSA) is 58.6 Å². The van der Waals surface area contributed by atoms with E-state index in [2.05, 4.69) is 5.32 Å². The Labute approximate surface area is 88.8 Å². The SMILES string of the molecule is COC1CNC(=O)N(C2CCC2)C(=O)C1. The van der Waals surface area contributed by atoms with Crippen LogP contribution >= 0.6 is 0 Å². The minimum absolute atomic E-state index is 0.110. The number of nitrogens with zero attached hydrogens (tertiary/aromatic N) is 1. The summed E-state index contributed by atoms with van der Waals surface area (Å²) in [6.45, 7) is 0.421. The van der Waals surface area contributed by atoms with E-state index < -0.39 is 0 Å². The average molecular weight is 212 g/mol. The summed E-state index contributed by atoms with van der Waals surface area (Å²) in [4.78, 5) is 24.8. The molecule has 0 radical (unpaired) electrons. The standard InChI is InChI=1S/C10H16N2O3/c1-15-8-5-9(13)12(7-3-2-4-7)10(14)11-6-8/h7-8H,2-6H2,1H3,(H,11,14). The van der Waals surface area contributed by atoms with Gasteiger partial charge in [0.05, 0.1) is 12.5 Å². The van der Waals surface area contributed by atoms with Crippen LogP contribution in [-0.4, -0.2) is 42.6 Å². The molecule has 1 aliphatic heterocycles. The van der Waals surface area contributed by atoms with Gasteiger partial charge in [0.25, 0.3) is 0 Å². The fourth-order valence-corrected chi connectivity index (χ4v) is 1.95. The van der Waals surface area contributed by atoms with Gasteiger partial charge in [-0.3, -0.25) is 9.69 Å². The van der Waals surface area contributed by atoms with Crippen LogP contribution in [-0.2, 0) is 9.53 Å². The molecule has 2 rings (SSSR count). The second-order valence-corrected chi connectivity index (χ2v) is 4.10. The zero-order valence-corrected chi connectivity index (χ0v) is 8.86. The molecule has 15 heavy (non-hydrogen) atoms. The summed E-state index contributed by atoms with van der Waals surface area (Å²) in [5, 5.41) is 2.72. The van der Waals surface area contributed by atoms with E-state index in [1.165, 1.54) is 4.90 Å². The van der Waals surface area contributed by atoms with E-state index >= 15 is 0 Å². The number of imide groups is 1. The molecule has 0 aromatic heterocycles. The van der Waals surface area contributed by atoms with Gasteiger partial charge in [-0.05, 0) is 19.3 Å². The molecule has 1 N–H and O–H groups in total. The zero-order chi connectivity index (χ0) is 10.8. The third-order valence-electron chi connectivity index (χ3n) is 3.14. The number of carbonyl (C=O) groups is 2. The van der Waals surface area contributed by atoms with Crippen LogP contribution in [0, 0.1) is 0 Å². The van der Waals surface area contributed by atoms with Crippen LogP contribution in [0.3, 0.4) is 0 Å². The van der Waals surface area contributed by atoms with E-state index in [0.29, 0.717) is 13.0 Å². The first-order valence-corrected chi connectivity index (χ1v) is 5.35. The van der Waals surface area contributed by atoms with Gasteiger partial charge in [-0.1, -0.05) is 0 Å². The predicted molar refractivity (Wildman–Crippen MR) is 53.3 cm³/mol. The Morgan fingerprint density at radius 2 is 2.13 bits per heavy atom. The van der Waals surface area contributed by atoms with Crippen molar-refractivity contribution >= 4 is 11.9 Å². The van der Waals surface area contributed by atoms with Crippen molar-refractivity contribution in [2.45, 2.75) is 37.8 Å². The Hall–Kier alpha value is -1.10. The smallest absolute Gasteiger partial charge is 0.324 e. The lowest BCUT2D eigenvalue weighted by Gasteiger charge is -2.34. The molecule has 1 atom stereocenters. The third kappa shape index (κ3) is 1.97. The summed E-state index contributed by atoms with van der Waals surface area (Å²) in [5.41, 5.74) is 0. The van der Waals surface area contributed by atoms with Gasteiger partial charge in [-0.25, -0.2) is 4.79 Å². The Morgan fingerprint density at radius 1 is 1.40 bits per heavy atom. The molecule has 2 aliphatic rings. The molecule has 1 aliphatic carbocycles. The Balaban J connectivity index is 2.07. The highest BCUT2D eigenvalue weighted by Crippen LogP contribution is 2.26. The molecule has 5 heteroatoms. The monoisotopic (exact) mass is 212 g/mol. The molecular weight excluding hydrogens is 196 g/mol. The van der Waals surface area contributed by atoms with Crippen molar-refractivity contribution in [3.8, 4) is 0 Å². The minimum Gasteiger partial charge on any atom is -0.379 e. The first-order chi connectivity index (χ1) is 7.22. The summed E-state index contributed by atoms with van der Waals surface area (Å²) >= 11 is 0. The van der Waals surface area contributed by atoms with Crippen molar-refractivity contribution in [3.05, 3.63) is 0 Å². The second-order valence-electron chi connectivity index (χ2n) is 4.10. The Morgan fingerprint density at radius 3 is 2.67 bits per heavy atom. The van der Waals surface area contributed by atoms with E-state index in [1.54, 1.807) is 7.11 Å². The number of hydrogen-bond donors (Lipinski definition) is 1. The maximum atomic E-state index is 11.8. The molecule has 5 nitrogen and oxygen atoms in total. The average Bonchev–Trinajstić information content (AvgIpc) is 2.28. The fraction of sp³-hybridized carbons (Fsp3) is 0.800. The van der Waals surface area contributed by atoms with Gasteiger partial charge < -0.3 is 10.1 Å².